The minimum absolute atomic E-state index is 0.0000477. The van der Waals surface area contributed by atoms with Crippen molar-refractivity contribution < 1.29 is 23.1 Å². The third kappa shape index (κ3) is 4.72. The molecule has 0 aliphatic carbocycles. The Hall–Kier alpha value is -4.95. The first-order valence-electron chi connectivity index (χ1n) is 14.4. The van der Waals surface area contributed by atoms with Crippen LogP contribution in [0.15, 0.2) is 56.6 Å². The number of halogens is 1. The van der Waals surface area contributed by atoms with Gasteiger partial charge >= 0.3 is 11.6 Å². The van der Waals surface area contributed by atoms with Gasteiger partial charge in [0.2, 0.25) is 0 Å². The summed E-state index contributed by atoms with van der Waals surface area (Å²) in [5, 5.41) is 12.3. The number of hydrogen-bond donors (Lipinski definition) is 1. The lowest BCUT2D eigenvalue weighted by molar-refractivity contribution is 0.107. The van der Waals surface area contributed by atoms with Crippen LogP contribution in [0.5, 0.6) is 11.8 Å². The van der Waals surface area contributed by atoms with Crippen LogP contribution in [0.4, 0.5) is 10.2 Å². The fourth-order valence-electron chi connectivity index (χ4n) is 6.61. The molecule has 2 aromatic carbocycles. The maximum Gasteiger partial charge on any atom is 0.349 e. The highest BCUT2D eigenvalue weighted by atomic mass is 19.1. The summed E-state index contributed by atoms with van der Waals surface area (Å²) in [7, 11) is 3.55. The highest BCUT2D eigenvalue weighted by Crippen LogP contribution is 2.41. The minimum atomic E-state index is -0.883. The Labute approximate surface area is 252 Å². The Bertz CT molecular complexity index is 2030. The van der Waals surface area contributed by atoms with Gasteiger partial charge in [-0.2, -0.15) is 9.97 Å². The normalized spacial score (nSPS) is 19.7. The van der Waals surface area contributed by atoms with Gasteiger partial charge in [0.15, 0.2) is 17.9 Å². The molecule has 0 amide bonds. The lowest BCUT2D eigenvalue weighted by atomic mass is 9.95. The van der Waals surface area contributed by atoms with Crippen LogP contribution in [-0.4, -0.2) is 70.5 Å². The number of phenolic OH excluding ortho intramolecular Hbond substituents is 1. The number of fused-ring (bicyclic) bond motifs is 3. The van der Waals surface area contributed by atoms with E-state index in [0.29, 0.717) is 57.5 Å². The highest BCUT2D eigenvalue weighted by Gasteiger charge is 2.49. The van der Waals surface area contributed by atoms with Crippen molar-refractivity contribution in [1.29, 1.82) is 0 Å². The van der Waals surface area contributed by atoms with Gasteiger partial charge in [-0.05, 0) is 55.8 Å². The lowest BCUT2D eigenvalue weighted by Gasteiger charge is -2.30. The zero-order valence-electron chi connectivity index (χ0n) is 24.6. The number of alkyl halides is 1. The summed E-state index contributed by atoms with van der Waals surface area (Å²) >= 11 is 0. The van der Waals surface area contributed by atoms with Crippen LogP contribution < -0.4 is 15.3 Å². The molecule has 2 aliphatic rings. The topological polar surface area (TPSA) is 118 Å². The third-order valence-electron chi connectivity index (χ3n) is 8.58. The molecule has 11 heteroatoms. The Balaban J connectivity index is 1.38. The van der Waals surface area contributed by atoms with Gasteiger partial charge in [0, 0.05) is 49.1 Å². The van der Waals surface area contributed by atoms with Gasteiger partial charge in [-0.1, -0.05) is 18.1 Å². The van der Waals surface area contributed by atoms with Gasteiger partial charge in [-0.3, -0.25) is 4.90 Å². The Kier molecular flexibility index (Phi) is 6.74. The number of benzene rings is 2. The molecule has 0 unspecified atom stereocenters. The van der Waals surface area contributed by atoms with Crippen molar-refractivity contribution in [3.05, 3.63) is 70.2 Å². The molecule has 7 rings (SSSR count). The summed E-state index contributed by atoms with van der Waals surface area (Å²) in [6, 6.07) is 8.81. The fourth-order valence-corrected chi connectivity index (χ4v) is 6.61. The molecular weight excluding hydrogens is 565 g/mol. The molecule has 0 bridgehead atoms. The second kappa shape index (κ2) is 10.6. The van der Waals surface area contributed by atoms with Crippen molar-refractivity contribution >= 4 is 27.5 Å². The fraction of sp³-hybridized carbons (Fsp3) is 0.333. The van der Waals surface area contributed by atoms with E-state index in [2.05, 4.69) is 26.7 Å². The lowest BCUT2D eigenvalue weighted by Crippen LogP contribution is -2.43. The summed E-state index contributed by atoms with van der Waals surface area (Å²) in [6.45, 7) is 3.32. The van der Waals surface area contributed by atoms with Crippen LogP contribution in [-0.2, 0) is 0 Å². The smallest absolute Gasteiger partial charge is 0.349 e. The molecule has 2 fully saturated rings. The minimum Gasteiger partial charge on any atom is -0.508 e. The van der Waals surface area contributed by atoms with Gasteiger partial charge in [-0.15, -0.1) is 0 Å². The molecule has 2 saturated heterocycles. The first-order valence-corrected chi connectivity index (χ1v) is 14.4. The number of ether oxygens (including phenoxy) is 1. The van der Waals surface area contributed by atoms with Crippen LogP contribution in [0.2, 0.25) is 0 Å². The Morgan fingerprint density at radius 3 is 2.89 bits per heavy atom. The van der Waals surface area contributed by atoms with Crippen LogP contribution in [0, 0.1) is 18.8 Å². The second-order valence-corrected chi connectivity index (χ2v) is 11.7. The standard InChI is InChI=1S/C33H30FN5O5/c1-19-28-27(30(38(2)3)37-32(36-28)43-17-33-10-5-11-39(33)15-22(34)14-33)31(41)44-29(19)25-13-24(40)12-21-7-4-6-20(26(21)25)8-9-23-16-42-18-35-23/h4,6-7,12-13,16,18,22,40H,5,10-11,14-15,17H2,1-3H3/t22-,33+/m1/s1. The average Bonchev–Trinajstić information content (AvgIpc) is 3.72. The van der Waals surface area contributed by atoms with E-state index in [9.17, 15) is 14.3 Å². The zero-order chi connectivity index (χ0) is 30.6. The van der Waals surface area contributed by atoms with Gasteiger partial charge in [0.25, 0.3) is 0 Å². The van der Waals surface area contributed by atoms with Crippen LogP contribution in [0.3, 0.4) is 0 Å². The average molecular weight is 596 g/mol. The molecule has 5 heterocycles. The summed E-state index contributed by atoms with van der Waals surface area (Å²) in [5.41, 5.74) is 1.51. The van der Waals surface area contributed by atoms with Gasteiger partial charge in [0.1, 0.15) is 35.9 Å². The number of phenols is 1. The number of oxazole rings is 1. The van der Waals surface area contributed by atoms with Crippen LogP contribution in [0.1, 0.15) is 36.1 Å². The molecule has 0 saturated carbocycles. The quantitative estimate of drug-likeness (QED) is 0.283. The molecule has 0 spiro atoms. The number of aromatic hydroxyl groups is 1. The molecule has 3 aromatic heterocycles. The van der Waals surface area contributed by atoms with E-state index in [1.54, 1.807) is 38.1 Å². The summed E-state index contributed by atoms with van der Waals surface area (Å²) in [5.74, 6) is 6.71. The first-order chi connectivity index (χ1) is 21.2. The van der Waals surface area contributed by atoms with Crippen molar-refractivity contribution in [1.82, 2.24) is 19.9 Å². The van der Waals surface area contributed by atoms with Crippen LogP contribution in [0.25, 0.3) is 33.0 Å². The zero-order valence-corrected chi connectivity index (χ0v) is 24.6. The summed E-state index contributed by atoms with van der Waals surface area (Å²) in [6.07, 6.45) is 4.13. The second-order valence-electron chi connectivity index (χ2n) is 11.7. The number of anilines is 1. The molecule has 2 aliphatic heterocycles. The van der Waals surface area contributed by atoms with Crippen LogP contribution >= 0.6 is 0 Å². The number of nitrogens with zero attached hydrogens (tertiary/aromatic N) is 5. The van der Waals surface area contributed by atoms with E-state index >= 15 is 0 Å². The molecule has 5 aromatic rings. The number of aromatic nitrogens is 3. The van der Waals surface area contributed by atoms with Crippen molar-refractivity contribution in [2.24, 2.45) is 0 Å². The summed E-state index contributed by atoms with van der Waals surface area (Å²) in [4.78, 5) is 30.9. The predicted molar refractivity (Wildman–Crippen MR) is 163 cm³/mol. The highest BCUT2D eigenvalue weighted by molar-refractivity contribution is 6.03. The summed E-state index contributed by atoms with van der Waals surface area (Å²) < 4.78 is 31.6. The van der Waals surface area contributed by atoms with E-state index in [1.165, 1.54) is 12.7 Å². The molecular formula is C33H30FN5O5. The van der Waals surface area contributed by atoms with Gasteiger partial charge in [-0.25, -0.2) is 14.2 Å². The molecule has 1 N–H and O–H groups in total. The maximum atomic E-state index is 14.4. The van der Waals surface area contributed by atoms with Crippen molar-refractivity contribution in [2.75, 3.05) is 38.7 Å². The van der Waals surface area contributed by atoms with Crippen molar-refractivity contribution in [3.8, 4) is 34.9 Å². The SMILES string of the molecule is Cc1c(-c2cc(O)cc3cccc(C#Cc4cocn4)c23)oc(=O)c2c(N(C)C)nc(OC[C@@]34CCCN3C[C@H](F)C4)nc12. The Morgan fingerprint density at radius 2 is 2.09 bits per heavy atom. The molecule has 10 nitrogen and oxygen atoms in total. The van der Waals surface area contributed by atoms with E-state index in [4.69, 9.17) is 18.6 Å². The number of hydrogen-bond acceptors (Lipinski definition) is 10. The largest absolute Gasteiger partial charge is 0.508 e. The van der Waals surface area contributed by atoms with Crippen molar-refractivity contribution in [3.63, 3.8) is 0 Å². The third-order valence-corrected chi connectivity index (χ3v) is 8.58. The Morgan fingerprint density at radius 1 is 1.23 bits per heavy atom. The van der Waals surface area contributed by atoms with Gasteiger partial charge in [0.05, 0.1) is 11.1 Å². The van der Waals surface area contributed by atoms with E-state index in [1.807, 2.05) is 18.2 Å². The van der Waals surface area contributed by atoms with E-state index < -0.39 is 11.8 Å². The van der Waals surface area contributed by atoms with E-state index in [0.717, 1.165) is 19.4 Å². The predicted octanol–water partition coefficient (Wildman–Crippen LogP) is 4.83. The molecule has 224 valence electrons. The van der Waals surface area contributed by atoms with Crippen molar-refractivity contribution in [2.45, 2.75) is 37.9 Å². The number of rotatable bonds is 5. The maximum absolute atomic E-state index is 14.4. The molecule has 0 radical (unpaired) electrons. The monoisotopic (exact) mass is 595 g/mol. The molecule has 44 heavy (non-hydrogen) atoms. The van der Waals surface area contributed by atoms with E-state index in [-0.39, 0.29) is 35.1 Å². The molecule has 2 atom stereocenters. The van der Waals surface area contributed by atoms with Gasteiger partial charge < -0.3 is 23.6 Å². The number of aryl methyl sites for hydroxylation is 1. The first kappa shape index (κ1) is 27.9.